The summed E-state index contributed by atoms with van der Waals surface area (Å²) >= 11 is 0. The first-order valence-corrected chi connectivity index (χ1v) is 7.33. The van der Waals surface area contributed by atoms with Crippen LogP contribution in [0.25, 0.3) is 0 Å². The van der Waals surface area contributed by atoms with E-state index in [0.29, 0.717) is 44.3 Å². The van der Waals surface area contributed by atoms with E-state index in [-0.39, 0.29) is 12.3 Å². The van der Waals surface area contributed by atoms with Gasteiger partial charge < -0.3 is 14.5 Å². The molecule has 21 heavy (non-hydrogen) atoms. The summed E-state index contributed by atoms with van der Waals surface area (Å²) in [4.78, 5) is 26.7. The Morgan fingerprint density at radius 3 is 2.62 bits per heavy atom. The van der Waals surface area contributed by atoms with Crippen LogP contribution in [0, 0.1) is 0 Å². The molecule has 2 fully saturated rings. The van der Waals surface area contributed by atoms with Crippen molar-refractivity contribution in [3.63, 3.8) is 0 Å². The Morgan fingerprint density at radius 1 is 1.29 bits per heavy atom. The number of aromatic nitrogens is 1. The first-order valence-electron chi connectivity index (χ1n) is 7.33. The molecule has 1 N–H and O–H groups in total. The van der Waals surface area contributed by atoms with E-state index in [1.807, 2.05) is 0 Å². The van der Waals surface area contributed by atoms with Gasteiger partial charge in [-0.1, -0.05) is 5.16 Å². The Hall–Kier alpha value is -1.89. The van der Waals surface area contributed by atoms with E-state index < -0.39 is 5.97 Å². The van der Waals surface area contributed by atoms with E-state index in [0.717, 1.165) is 18.6 Å². The van der Waals surface area contributed by atoms with Crippen LogP contribution in [-0.2, 0) is 4.79 Å². The zero-order chi connectivity index (χ0) is 14.8. The zero-order valence-electron chi connectivity index (χ0n) is 11.8. The van der Waals surface area contributed by atoms with Crippen molar-refractivity contribution in [2.45, 2.75) is 25.2 Å². The normalized spacial score (nSPS) is 19.7. The van der Waals surface area contributed by atoms with Gasteiger partial charge in [-0.15, -0.1) is 0 Å². The molecule has 0 atom stereocenters. The molecule has 2 heterocycles. The Balaban J connectivity index is 1.51. The van der Waals surface area contributed by atoms with Crippen LogP contribution in [0.3, 0.4) is 0 Å². The summed E-state index contributed by atoms with van der Waals surface area (Å²) in [6.07, 6.45) is 2.37. The smallest absolute Gasteiger partial charge is 0.304 e. The lowest BCUT2D eigenvalue weighted by molar-refractivity contribution is -0.137. The third-order valence-electron chi connectivity index (χ3n) is 4.03. The molecule has 0 aromatic carbocycles. The van der Waals surface area contributed by atoms with E-state index in [4.69, 9.17) is 9.63 Å². The fourth-order valence-electron chi connectivity index (χ4n) is 2.54. The number of carbonyl (C=O) groups excluding carboxylic acids is 1. The number of hydrogen-bond donors (Lipinski definition) is 1. The number of rotatable bonds is 5. The highest BCUT2D eigenvalue weighted by Gasteiger charge is 2.30. The van der Waals surface area contributed by atoms with Crippen LogP contribution >= 0.6 is 0 Å². The average Bonchev–Trinajstić information content (AvgIpc) is 3.22. The molecule has 1 amide bonds. The number of carbonyl (C=O) groups is 2. The van der Waals surface area contributed by atoms with Gasteiger partial charge in [-0.3, -0.25) is 14.5 Å². The third-order valence-corrected chi connectivity index (χ3v) is 4.03. The Bertz CT molecular complexity index is 530. The van der Waals surface area contributed by atoms with Crippen molar-refractivity contribution in [1.29, 1.82) is 0 Å². The minimum Gasteiger partial charge on any atom is -0.481 e. The molecular formula is C14H19N3O4. The highest BCUT2D eigenvalue weighted by atomic mass is 16.5. The molecule has 1 aliphatic heterocycles. The lowest BCUT2D eigenvalue weighted by Gasteiger charge is -2.33. The molecule has 1 saturated heterocycles. The van der Waals surface area contributed by atoms with Gasteiger partial charge in [0, 0.05) is 44.7 Å². The molecule has 0 bridgehead atoms. The fraction of sp³-hybridized carbons (Fsp3) is 0.643. The molecule has 7 heteroatoms. The van der Waals surface area contributed by atoms with Crippen LogP contribution in [0.2, 0.25) is 0 Å². The molecule has 1 aliphatic carbocycles. The summed E-state index contributed by atoms with van der Waals surface area (Å²) < 4.78 is 5.21. The number of hydrogen-bond acceptors (Lipinski definition) is 5. The first-order chi connectivity index (χ1) is 10.1. The zero-order valence-corrected chi connectivity index (χ0v) is 11.8. The molecule has 7 nitrogen and oxygen atoms in total. The van der Waals surface area contributed by atoms with Gasteiger partial charge in [0.2, 0.25) is 0 Å². The molecule has 1 aromatic rings. The van der Waals surface area contributed by atoms with E-state index in [1.54, 1.807) is 11.0 Å². The fourth-order valence-corrected chi connectivity index (χ4v) is 2.54. The van der Waals surface area contributed by atoms with Crippen LogP contribution in [0.5, 0.6) is 0 Å². The highest BCUT2D eigenvalue weighted by Crippen LogP contribution is 2.40. The van der Waals surface area contributed by atoms with Crippen LogP contribution in [0.15, 0.2) is 10.6 Å². The summed E-state index contributed by atoms with van der Waals surface area (Å²) in [5.74, 6) is 0.387. The minimum absolute atomic E-state index is 0.0939. The van der Waals surface area contributed by atoms with Crippen molar-refractivity contribution in [3.05, 3.63) is 17.5 Å². The summed E-state index contributed by atoms with van der Waals surface area (Å²) in [7, 11) is 0. The highest BCUT2D eigenvalue weighted by molar-refractivity contribution is 5.92. The second-order valence-corrected chi connectivity index (χ2v) is 5.67. The van der Waals surface area contributed by atoms with E-state index in [1.165, 1.54) is 0 Å². The Labute approximate surface area is 122 Å². The standard InChI is InChI=1S/C14H19N3O4/c18-13(19)3-4-16-5-7-17(8-6-16)14(20)11-9-12(21-15-11)10-1-2-10/h9-10H,1-8H2,(H,18,19). The summed E-state index contributed by atoms with van der Waals surface area (Å²) in [5, 5.41) is 12.5. The molecule has 3 rings (SSSR count). The maximum absolute atomic E-state index is 12.3. The van der Waals surface area contributed by atoms with E-state index in [2.05, 4.69) is 10.1 Å². The van der Waals surface area contributed by atoms with Gasteiger partial charge in [-0.2, -0.15) is 0 Å². The van der Waals surface area contributed by atoms with Gasteiger partial charge in [0.1, 0.15) is 5.76 Å². The van der Waals surface area contributed by atoms with Crippen molar-refractivity contribution < 1.29 is 19.2 Å². The van der Waals surface area contributed by atoms with Crippen LogP contribution in [0.4, 0.5) is 0 Å². The average molecular weight is 293 g/mol. The number of carboxylic acid groups (broad SMARTS) is 1. The summed E-state index contributed by atoms with van der Waals surface area (Å²) in [5.41, 5.74) is 0.385. The predicted molar refractivity (Wildman–Crippen MR) is 73.1 cm³/mol. The third kappa shape index (κ3) is 3.41. The second-order valence-electron chi connectivity index (χ2n) is 5.67. The first kappa shape index (κ1) is 14.1. The van der Waals surface area contributed by atoms with Gasteiger partial charge >= 0.3 is 5.97 Å². The number of amides is 1. The van der Waals surface area contributed by atoms with Gasteiger partial charge in [0.25, 0.3) is 5.91 Å². The van der Waals surface area contributed by atoms with Gasteiger partial charge in [-0.05, 0) is 12.8 Å². The maximum atomic E-state index is 12.3. The van der Waals surface area contributed by atoms with Gasteiger partial charge in [0.15, 0.2) is 5.69 Å². The van der Waals surface area contributed by atoms with Crippen molar-refractivity contribution in [1.82, 2.24) is 15.0 Å². The van der Waals surface area contributed by atoms with E-state index in [9.17, 15) is 9.59 Å². The van der Waals surface area contributed by atoms with Crippen molar-refractivity contribution in [2.75, 3.05) is 32.7 Å². The molecule has 2 aliphatic rings. The maximum Gasteiger partial charge on any atom is 0.304 e. The number of nitrogens with zero attached hydrogens (tertiary/aromatic N) is 3. The SMILES string of the molecule is O=C(O)CCN1CCN(C(=O)c2cc(C3CC3)on2)CC1. The lowest BCUT2D eigenvalue weighted by atomic mass is 10.2. The van der Waals surface area contributed by atoms with Crippen LogP contribution < -0.4 is 0 Å². The minimum atomic E-state index is -0.788. The lowest BCUT2D eigenvalue weighted by Crippen LogP contribution is -2.49. The summed E-state index contributed by atoms with van der Waals surface area (Å²) in [6.45, 7) is 3.14. The largest absolute Gasteiger partial charge is 0.481 e. The number of piperazine rings is 1. The quantitative estimate of drug-likeness (QED) is 0.863. The van der Waals surface area contributed by atoms with E-state index >= 15 is 0 Å². The molecule has 0 radical (unpaired) electrons. The molecule has 0 spiro atoms. The second kappa shape index (κ2) is 5.85. The van der Waals surface area contributed by atoms with Gasteiger partial charge in [0.05, 0.1) is 6.42 Å². The molecule has 1 aromatic heterocycles. The monoisotopic (exact) mass is 293 g/mol. The molecule has 1 saturated carbocycles. The van der Waals surface area contributed by atoms with Crippen LogP contribution in [0.1, 0.15) is 41.4 Å². The van der Waals surface area contributed by atoms with Gasteiger partial charge in [-0.25, -0.2) is 0 Å². The molecule has 114 valence electrons. The Kier molecular flexibility index (Phi) is 3.92. The number of carboxylic acids is 1. The molecular weight excluding hydrogens is 274 g/mol. The Morgan fingerprint density at radius 2 is 2.00 bits per heavy atom. The predicted octanol–water partition coefficient (Wildman–Crippen LogP) is 0.784. The van der Waals surface area contributed by atoms with Crippen LogP contribution in [-0.4, -0.2) is 64.7 Å². The van der Waals surface area contributed by atoms with Crippen molar-refractivity contribution in [3.8, 4) is 0 Å². The van der Waals surface area contributed by atoms with Crippen molar-refractivity contribution in [2.24, 2.45) is 0 Å². The summed E-state index contributed by atoms with van der Waals surface area (Å²) in [6, 6.07) is 1.76. The van der Waals surface area contributed by atoms with Crippen molar-refractivity contribution >= 4 is 11.9 Å². The number of aliphatic carboxylic acids is 1. The topological polar surface area (TPSA) is 86.9 Å². The molecule has 0 unspecified atom stereocenters.